The monoisotopic (exact) mass is 301 g/mol. The van der Waals surface area contributed by atoms with Crippen LogP contribution in [0.1, 0.15) is 18.5 Å². The molecule has 0 aliphatic carbocycles. The predicted octanol–water partition coefficient (Wildman–Crippen LogP) is 2.98. The fraction of sp³-hybridized carbons (Fsp3) is 0.250. The number of ether oxygens (including phenoxy) is 2. The second kappa shape index (κ2) is 7.31. The molecule has 0 fully saturated rings. The average molecular weight is 301 g/mol. The Balaban J connectivity index is 2.03. The van der Waals surface area contributed by atoms with Gasteiger partial charge in [-0.3, -0.25) is 4.98 Å². The van der Waals surface area contributed by atoms with E-state index >= 15 is 0 Å². The molecule has 0 saturated heterocycles. The number of urea groups is 1. The Kier molecular flexibility index (Phi) is 5.19. The summed E-state index contributed by atoms with van der Waals surface area (Å²) in [4.78, 5) is 16.1. The normalized spacial score (nSPS) is 11.4. The summed E-state index contributed by atoms with van der Waals surface area (Å²) >= 11 is 0. The quantitative estimate of drug-likeness (QED) is 0.890. The van der Waals surface area contributed by atoms with Gasteiger partial charge in [0, 0.05) is 18.5 Å². The van der Waals surface area contributed by atoms with Crippen LogP contribution in [-0.2, 0) is 0 Å². The van der Waals surface area contributed by atoms with Gasteiger partial charge in [-0.25, -0.2) is 4.79 Å². The first kappa shape index (κ1) is 15.6. The second-order valence-electron chi connectivity index (χ2n) is 4.67. The molecule has 1 atom stereocenters. The zero-order valence-corrected chi connectivity index (χ0v) is 12.8. The number of hydrogen-bond acceptors (Lipinski definition) is 4. The minimum absolute atomic E-state index is 0.155. The van der Waals surface area contributed by atoms with Crippen LogP contribution in [0.5, 0.6) is 11.5 Å². The molecular formula is C16H19N3O3. The average Bonchev–Trinajstić information content (AvgIpc) is 2.55. The van der Waals surface area contributed by atoms with Crippen LogP contribution in [0, 0.1) is 0 Å². The number of benzene rings is 1. The van der Waals surface area contributed by atoms with Gasteiger partial charge in [-0.15, -0.1) is 0 Å². The third-order valence-electron chi connectivity index (χ3n) is 3.19. The maximum atomic E-state index is 12.1. The van der Waals surface area contributed by atoms with Gasteiger partial charge in [-0.05, 0) is 30.7 Å². The molecular weight excluding hydrogens is 282 g/mol. The molecule has 116 valence electrons. The summed E-state index contributed by atoms with van der Waals surface area (Å²) in [6, 6.07) is 8.45. The molecule has 6 nitrogen and oxygen atoms in total. The lowest BCUT2D eigenvalue weighted by Crippen LogP contribution is -2.31. The predicted molar refractivity (Wildman–Crippen MR) is 84.4 cm³/mol. The molecule has 0 spiro atoms. The number of aromatic nitrogens is 1. The maximum Gasteiger partial charge on any atom is 0.319 e. The van der Waals surface area contributed by atoms with Crippen molar-refractivity contribution in [3.8, 4) is 11.5 Å². The van der Waals surface area contributed by atoms with Gasteiger partial charge in [0.1, 0.15) is 11.5 Å². The highest BCUT2D eigenvalue weighted by Gasteiger charge is 2.12. The highest BCUT2D eigenvalue weighted by molar-refractivity contribution is 5.91. The molecule has 1 heterocycles. The molecule has 1 unspecified atom stereocenters. The van der Waals surface area contributed by atoms with Gasteiger partial charge in [-0.2, -0.15) is 0 Å². The third kappa shape index (κ3) is 3.88. The van der Waals surface area contributed by atoms with Crippen LogP contribution in [0.3, 0.4) is 0 Å². The molecule has 0 bridgehead atoms. The molecule has 2 aromatic rings. The SMILES string of the molecule is COc1ccc(NC(=O)NC(C)c2cccnc2)c(OC)c1. The number of carbonyl (C=O) groups excluding carboxylic acids is 1. The van der Waals surface area contributed by atoms with Crippen molar-refractivity contribution in [3.05, 3.63) is 48.3 Å². The van der Waals surface area contributed by atoms with Crippen molar-refractivity contribution in [2.45, 2.75) is 13.0 Å². The van der Waals surface area contributed by atoms with Crippen molar-refractivity contribution in [1.82, 2.24) is 10.3 Å². The van der Waals surface area contributed by atoms with Crippen molar-refractivity contribution in [2.24, 2.45) is 0 Å². The zero-order chi connectivity index (χ0) is 15.9. The van der Waals surface area contributed by atoms with Gasteiger partial charge in [0.05, 0.1) is 25.9 Å². The van der Waals surface area contributed by atoms with Gasteiger partial charge in [-0.1, -0.05) is 6.07 Å². The van der Waals surface area contributed by atoms with E-state index in [2.05, 4.69) is 15.6 Å². The number of nitrogens with one attached hydrogen (secondary N) is 2. The largest absolute Gasteiger partial charge is 0.497 e. The van der Waals surface area contributed by atoms with Crippen LogP contribution in [0.2, 0.25) is 0 Å². The van der Waals surface area contributed by atoms with Crippen LogP contribution in [0.15, 0.2) is 42.7 Å². The van der Waals surface area contributed by atoms with Crippen molar-refractivity contribution in [2.75, 3.05) is 19.5 Å². The fourth-order valence-electron chi connectivity index (χ4n) is 1.97. The molecule has 2 rings (SSSR count). The molecule has 22 heavy (non-hydrogen) atoms. The Morgan fingerprint density at radius 2 is 2.05 bits per heavy atom. The summed E-state index contributed by atoms with van der Waals surface area (Å²) in [5.74, 6) is 1.19. The van der Waals surface area contributed by atoms with E-state index in [1.54, 1.807) is 37.7 Å². The van der Waals surface area contributed by atoms with Crippen molar-refractivity contribution in [1.29, 1.82) is 0 Å². The van der Waals surface area contributed by atoms with Gasteiger partial charge in [0.15, 0.2) is 0 Å². The number of hydrogen-bond donors (Lipinski definition) is 2. The molecule has 1 aromatic carbocycles. The van der Waals surface area contributed by atoms with Crippen LogP contribution >= 0.6 is 0 Å². The molecule has 2 amide bonds. The van der Waals surface area contributed by atoms with Crippen molar-refractivity contribution >= 4 is 11.7 Å². The summed E-state index contributed by atoms with van der Waals surface area (Å²) in [6.45, 7) is 1.89. The molecule has 0 aliphatic rings. The molecule has 0 saturated carbocycles. The molecule has 1 aromatic heterocycles. The summed E-state index contributed by atoms with van der Waals surface area (Å²) < 4.78 is 10.4. The third-order valence-corrected chi connectivity index (χ3v) is 3.19. The number of anilines is 1. The molecule has 2 N–H and O–H groups in total. The van der Waals surface area contributed by atoms with Gasteiger partial charge < -0.3 is 20.1 Å². The van der Waals surface area contributed by atoms with Crippen LogP contribution in [0.25, 0.3) is 0 Å². The Labute approximate surface area is 129 Å². The van der Waals surface area contributed by atoms with E-state index in [4.69, 9.17) is 9.47 Å². The zero-order valence-electron chi connectivity index (χ0n) is 12.8. The smallest absolute Gasteiger partial charge is 0.319 e. The number of nitrogens with zero attached hydrogens (tertiary/aromatic N) is 1. The highest BCUT2D eigenvalue weighted by atomic mass is 16.5. The lowest BCUT2D eigenvalue weighted by atomic mass is 10.1. The van der Waals surface area contributed by atoms with Crippen LogP contribution in [-0.4, -0.2) is 25.2 Å². The van der Waals surface area contributed by atoms with E-state index in [0.29, 0.717) is 17.2 Å². The lowest BCUT2D eigenvalue weighted by Gasteiger charge is -2.16. The fourth-order valence-corrected chi connectivity index (χ4v) is 1.97. The molecule has 0 radical (unpaired) electrons. The molecule has 0 aliphatic heterocycles. The lowest BCUT2D eigenvalue weighted by molar-refractivity contribution is 0.249. The number of pyridine rings is 1. The highest BCUT2D eigenvalue weighted by Crippen LogP contribution is 2.29. The summed E-state index contributed by atoms with van der Waals surface area (Å²) in [5, 5.41) is 5.61. The van der Waals surface area contributed by atoms with Crippen molar-refractivity contribution < 1.29 is 14.3 Å². The minimum atomic E-state index is -0.320. The minimum Gasteiger partial charge on any atom is -0.497 e. The summed E-state index contributed by atoms with van der Waals surface area (Å²) in [7, 11) is 3.11. The van der Waals surface area contributed by atoms with Crippen molar-refractivity contribution in [3.63, 3.8) is 0 Å². The van der Waals surface area contributed by atoms with E-state index in [1.807, 2.05) is 19.1 Å². The molecule has 6 heteroatoms. The topological polar surface area (TPSA) is 72.5 Å². The summed E-state index contributed by atoms with van der Waals surface area (Å²) in [6.07, 6.45) is 3.41. The van der Waals surface area contributed by atoms with E-state index in [-0.39, 0.29) is 12.1 Å². The maximum absolute atomic E-state index is 12.1. The first-order valence-corrected chi connectivity index (χ1v) is 6.83. The van der Waals surface area contributed by atoms with E-state index in [9.17, 15) is 4.79 Å². The van der Waals surface area contributed by atoms with E-state index < -0.39 is 0 Å². The number of rotatable bonds is 5. The van der Waals surface area contributed by atoms with Gasteiger partial charge in [0.2, 0.25) is 0 Å². The standard InChI is InChI=1S/C16H19N3O3/c1-11(12-5-4-8-17-10-12)18-16(20)19-14-7-6-13(21-2)9-15(14)22-3/h4-11H,1-3H3,(H2,18,19,20). The van der Waals surface area contributed by atoms with Gasteiger partial charge in [0.25, 0.3) is 0 Å². The van der Waals surface area contributed by atoms with E-state index in [0.717, 1.165) is 5.56 Å². The number of methoxy groups -OCH3 is 2. The second-order valence-corrected chi connectivity index (χ2v) is 4.67. The number of carbonyl (C=O) groups is 1. The van der Waals surface area contributed by atoms with Crippen LogP contribution < -0.4 is 20.1 Å². The van der Waals surface area contributed by atoms with Crippen LogP contribution in [0.4, 0.5) is 10.5 Å². The Hall–Kier alpha value is -2.76. The van der Waals surface area contributed by atoms with E-state index in [1.165, 1.54) is 7.11 Å². The Morgan fingerprint density at radius 1 is 1.23 bits per heavy atom. The number of amides is 2. The van der Waals surface area contributed by atoms with Gasteiger partial charge >= 0.3 is 6.03 Å². The summed E-state index contributed by atoms with van der Waals surface area (Å²) in [5.41, 5.74) is 1.50. The first-order chi connectivity index (χ1) is 10.6. The first-order valence-electron chi connectivity index (χ1n) is 6.83. The Bertz CT molecular complexity index is 632. The Morgan fingerprint density at radius 3 is 2.68 bits per heavy atom.